The van der Waals surface area contributed by atoms with Crippen LogP contribution in [0.1, 0.15) is 22.7 Å². The van der Waals surface area contributed by atoms with Crippen LogP contribution in [-0.4, -0.2) is 4.98 Å². The van der Waals surface area contributed by atoms with Gasteiger partial charge in [-0.3, -0.25) is 0 Å². The van der Waals surface area contributed by atoms with Crippen molar-refractivity contribution in [3.05, 3.63) is 53.2 Å². The van der Waals surface area contributed by atoms with Crippen LogP contribution in [0.2, 0.25) is 0 Å². The van der Waals surface area contributed by atoms with Gasteiger partial charge in [-0.2, -0.15) is 13.2 Å². The summed E-state index contributed by atoms with van der Waals surface area (Å²) in [7, 11) is 0. The lowest BCUT2D eigenvalue weighted by molar-refractivity contribution is -0.137. The van der Waals surface area contributed by atoms with E-state index in [1.807, 2.05) is 0 Å². The minimum absolute atomic E-state index is 0.251. The Hall–Kier alpha value is -2.08. The number of nitrogens with two attached hydrogens (primary N) is 1. The predicted octanol–water partition coefficient (Wildman–Crippen LogP) is 3.32. The van der Waals surface area contributed by atoms with Crippen molar-refractivity contribution in [1.82, 2.24) is 4.98 Å². The van der Waals surface area contributed by atoms with E-state index >= 15 is 0 Å². The third kappa shape index (κ3) is 3.45. The number of alkyl halides is 3. The second-order valence-corrected chi connectivity index (χ2v) is 3.84. The maximum Gasteiger partial charge on any atom is 0.416 e. The number of aromatic nitrogens is 1. The first-order valence-corrected chi connectivity index (χ1v) is 5.49. The van der Waals surface area contributed by atoms with Gasteiger partial charge < -0.3 is 10.2 Å². The zero-order chi connectivity index (χ0) is 13.9. The molecule has 19 heavy (non-hydrogen) atoms. The normalized spacial score (nSPS) is 12.2. The van der Waals surface area contributed by atoms with Crippen molar-refractivity contribution in [2.45, 2.75) is 12.7 Å². The maximum atomic E-state index is 12.5. The minimum Gasteiger partial charge on any atom is -0.445 e. The summed E-state index contributed by atoms with van der Waals surface area (Å²) in [5, 5.41) is 0. The van der Waals surface area contributed by atoms with Crippen molar-refractivity contribution >= 4 is 12.2 Å². The van der Waals surface area contributed by atoms with Gasteiger partial charge in [-0.25, -0.2) is 4.98 Å². The molecule has 0 radical (unpaired) electrons. The Kier molecular flexibility index (Phi) is 3.71. The number of benzene rings is 1. The Bertz CT molecular complexity index is 588. The lowest BCUT2D eigenvalue weighted by Gasteiger charge is -2.06. The zero-order valence-electron chi connectivity index (χ0n) is 9.82. The van der Waals surface area contributed by atoms with Gasteiger partial charge in [0.2, 0.25) is 5.89 Å². The molecule has 0 fully saturated rings. The molecule has 0 amide bonds. The van der Waals surface area contributed by atoms with Crippen LogP contribution >= 0.6 is 0 Å². The molecular formula is C13H11F3N2O. The van der Waals surface area contributed by atoms with Crippen LogP contribution < -0.4 is 5.73 Å². The van der Waals surface area contributed by atoms with Crippen LogP contribution in [0, 0.1) is 0 Å². The topological polar surface area (TPSA) is 52.0 Å². The first-order valence-electron chi connectivity index (χ1n) is 5.49. The van der Waals surface area contributed by atoms with E-state index in [0.29, 0.717) is 17.1 Å². The standard InChI is InChI=1S/C13H11F3N2O/c14-13(15,16)10-3-1-2-9(6-10)4-5-12-18-11(7-17)8-19-12/h1-6,8H,7,17H2. The van der Waals surface area contributed by atoms with Crippen LogP contribution in [0.5, 0.6) is 0 Å². The second-order valence-electron chi connectivity index (χ2n) is 3.84. The summed E-state index contributed by atoms with van der Waals surface area (Å²) in [5.74, 6) is 0.304. The Labute approximate surface area is 107 Å². The fourth-order valence-electron chi connectivity index (χ4n) is 1.48. The molecule has 100 valence electrons. The average Bonchev–Trinajstić information content (AvgIpc) is 2.84. The van der Waals surface area contributed by atoms with E-state index in [2.05, 4.69) is 4.98 Å². The highest BCUT2D eigenvalue weighted by Gasteiger charge is 2.30. The van der Waals surface area contributed by atoms with Gasteiger partial charge in [0.1, 0.15) is 6.26 Å². The third-order valence-electron chi connectivity index (χ3n) is 2.41. The van der Waals surface area contributed by atoms with Gasteiger partial charge in [-0.1, -0.05) is 12.1 Å². The molecule has 6 heteroatoms. The first-order chi connectivity index (χ1) is 8.99. The van der Waals surface area contributed by atoms with E-state index in [4.69, 9.17) is 10.2 Å². The molecule has 0 unspecified atom stereocenters. The number of nitrogens with zero attached hydrogens (tertiary/aromatic N) is 1. The highest BCUT2D eigenvalue weighted by Crippen LogP contribution is 2.29. The molecule has 0 bridgehead atoms. The van der Waals surface area contributed by atoms with Crippen molar-refractivity contribution in [2.75, 3.05) is 0 Å². The molecule has 2 N–H and O–H groups in total. The molecule has 3 nitrogen and oxygen atoms in total. The van der Waals surface area contributed by atoms with Gasteiger partial charge in [-0.05, 0) is 23.8 Å². The van der Waals surface area contributed by atoms with Crippen molar-refractivity contribution in [1.29, 1.82) is 0 Å². The molecule has 0 saturated carbocycles. The third-order valence-corrected chi connectivity index (χ3v) is 2.41. The minimum atomic E-state index is -4.35. The number of oxazole rings is 1. The van der Waals surface area contributed by atoms with E-state index in [0.717, 1.165) is 12.1 Å². The number of hydrogen-bond donors (Lipinski definition) is 1. The summed E-state index contributed by atoms with van der Waals surface area (Å²) in [6, 6.07) is 5.00. The molecule has 0 aliphatic heterocycles. The van der Waals surface area contributed by atoms with Crippen LogP contribution in [0.25, 0.3) is 12.2 Å². The van der Waals surface area contributed by atoms with E-state index < -0.39 is 11.7 Å². The molecule has 0 aliphatic rings. The molecule has 1 heterocycles. The SMILES string of the molecule is NCc1coc(C=Cc2cccc(C(F)(F)F)c2)n1. The molecule has 1 aromatic heterocycles. The molecule has 0 atom stereocenters. The van der Waals surface area contributed by atoms with Crippen LogP contribution in [0.4, 0.5) is 13.2 Å². The van der Waals surface area contributed by atoms with Gasteiger partial charge in [0, 0.05) is 12.6 Å². The van der Waals surface area contributed by atoms with Gasteiger partial charge in [0.05, 0.1) is 11.3 Å². The van der Waals surface area contributed by atoms with Gasteiger partial charge in [0.15, 0.2) is 0 Å². The Morgan fingerprint density at radius 2 is 2.05 bits per heavy atom. The monoisotopic (exact) mass is 268 g/mol. The summed E-state index contributed by atoms with van der Waals surface area (Å²) >= 11 is 0. The summed E-state index contributed by atoms with van der Waals surface area (Å²) in [6.07, 6.45) is 0.0569. The van der Waals surface area contributed by atoms with E-state index in [9.17, 15) is 13.2 Å². The van der Waals surface area contributed by atoms with Crippen LogP contribution in [-0.2, 0) is 12.7 Å². The van der Waals surface area contributed by atoms with Crippen molar-refractivity contribution in [3.63, 3.8) is 0 Å². The fraction of sp³-hybridized carbons (Fsp3) is 0.154. The molecule has 2 rings (SSSR count). The van der Waals surface area contributed by atoms with E-state index in [-0.39, 0.29) is 6.54 Å². The largest absolute Gasteiger partial charge is 0.445 e. The molecule has 0 aliphatic carbocycles. The summed E-state index contributed by atoms with van der Waals surface area (Å²) in [4.78, 5) is 4.01. The lowest BCUT2D eigenvalue weighted by Crippen LogP contribution is -2.04. The molecular weight excluding hydrogens is 257 g/mol. The molecule has 0 saturated heterocycles. The summed E-state index contributed by atoms with van der Waals surface area (Å²) in [5.41, 5.74) is 5.68. The molecule has 2 aromatic rings. The van der Waals surface area contributed by atoms with Crippen molar-refractivity contribution in [3.8, 4) is 0 Å². The zero-order valence-corrected chi connectivity index (χ0v) is 9.82. The maximum absolute atomic E-state index is 12.5. The average molecular weight is 268 g/mol. The first kappa shape index (κ1) is 13.4. The lowest BCUT2D eigenvalue weighted by atomic mass is 10.1. The smallest absolute Gasteiger partial charge is 0.416 e. The quantitative estimate of drug-likeness (QED) is 0.929. The summed E-state index contributed by atoms with van der Waals surface area (Å²) < 4.78 is 42.6. The number of halogens is 3. The molecule has 0 spiro atoms. The van der Waals surface area contributed by atoms with Crippen molar-refractivity contribution < 1.29 is 17.6 Å². The second kappa shape index (κ2) is 5.27. The van der Waals surface area contributed by atoms with Crippen LogP contribution in [0.15, 0.2) is 34.9 Å². The van der Waals surface area contributed by atoms with Crippen molar-refractivity contribution in [2.24, 2.45) is 5.73 Å². The van der Waals surface area contributed by atoms with Gasteiger partial charge >= 0.3 is 6.18 Å². The Morgan fingerprint density at radius 1 is 1.26 bits per heavy atom. The Balaban J connectivity index is 2.19. The number of hydrogen-bond acceptors (Lipinski definition) is 3. The Morgan fingerprint density at radius 3 is 2.68 bits per heavy atom. The highest BCUT2D eigenvalue weighted by atomic mass is 19.4. The van der Waals surface area contributed by atoms with E-state index in [1.54, 1.807) is 6.07 Å². The van der Waals surface area contributed by atoms with Gasteiger partial charge in [0.25, 0.3) is 0 Å². The number of rotatable bonds is 3. The molecule has 1 aromatic carbocycles. The van der Waals surface area contributed by atoms with Gasteiger partial charge in [-0.15, -0.1) is 0 Å². The van der Waals surface area contributed by atoms with E-state index in [1.165, 1.54) is 24.5 Å². The highest BCUT2D eigenvalue weighted by molar-refractivity contribution is 5.66. The van der Waals surface area contributed by atoms with Crippen LogP contribution in [0.3, 0.4) is 0 Å². The predicted molar refractivity (Wildman–Crippen MR) is 64.8 cm³/mol. The summed E-state index contributed by atoms with van der Waals surface area (Å²) in [6.45, 7) is 0.251. The fourth-order valence-corrected chi connectivity index (χ4v) is 1.48.